The van der Waals surface area contributed by atoms with Gasteiger partial charge in [0.1, 0.15) is 0 Å². The van der Waals surface area contributed by atoms with Crippen molar-refractivity contribution in [3.63, 3.8) is 0 Å². The average molecular weight is 318 g/mol. The number of hydrogen-bond donors (Lipinski definition) is 3. The topological polar surface area (TPSA) is 78.4 Å². The lowest BCUT2D eigenvalue weighted by molar-refractivity contribution is -0.150. The van der Waals surface area contributed by atoms with Gasteiger partial charge in [-0.2, -0.15) is 11.8 Å². The van der Waals surface area contributed by atoms with E-state index in [1.54, 1.807) is 39.5 Å². The maximum Gasteiger partial charge on any atom is 0.315 e. The molecular weight excluding hydrogens is 288 g/mol. The molecule has 3 N–H and O–H groups in total. The highest BCUT2D eigenvalue weighted by Gasteiger charge is 2.44. The molecule has 0 saturated heterocycles. The minimum Gasteiger partial charge on any atom is -0.481 e. The Labute approximate surface area is 132 Å². The van der Waals surface area contributed by atoms with Crippen molar-refractivity contribution in [2.24, 2.45) is 5.41 Å². The Hall–Kier alpha value is -0.910. The van der Waals surface area contributed by atoms with Crippen molar-refractivity contribution in [1.82, 2.24) is 10.6 Å². The van der Waals surface area contributed by atoms with E-state index in [0.29, 0.717) is 6.54 Å². The number of urea groups is 1. The number of carbonyl (C=O) groups is 2. The Bertz CT molecular complexity index is 369. The summed E-state index contributed by atoms with van der Waals surface area (Å²) in [7, 11) is 0. The quantitative estimate of drug-likeness (QED) is 0.642. The van der Waals surface area contributed by atoms with Crippen LogP contribution in [0.15, 0.2) is 0 Å². The molecule has 0 fully saturated rings. The van der Waals surface area contributed by atoms with E-state index < -0.39 is 16.9 Å². The monoisotopic (exact) mass is 318 g/mol. The van der Waals surface area contributed by atoms with Gasteiger partial charge in [-0.25, -0.2) is 4.79 Å². The fourth-order valence-electron chi connectivity index (χ4n) is 1.85. The van der Waals surface area contributed by atoms with Crippen LogP contribution in [0.2, 0.25) is 0 Å². The third-order valence-corrected chi connectivity index (χ3v) is 6.40. The van der Waals surface area contributed by atoms with E-state index in [0.717, 1.165) is 12.8 Å². The molecule has 0 aliphatic carbocycles. The maximum absolute atomic E-state index is 12.1. The first-order valence-electron chi connectivity index (χ1n) is 7.32. The second-order valence-electron chi connectivity index (χ2n) is 6.46. The van der Waals surface area contributed by atoms with Crippen LogP contribution < -0.4 is 10.6 Å². The predicted molar refractivity (Wildman–Crippen MR) is 88.9 cm³/mol. The SMILES string of the molecule is CCC(CC)(CNC(=O)NC(C)(C)C(C)(C)C(=O)O)SC. The third-order valence-electron chi connectivity index (χ3n) is 4.82. The molecule has 0 aliphatic heterocycles. The largest absolute Gasteiger partial charge is 0.481 e. The van der Waals surface area contributed by atoms with Gasteiger partial charge in [0.15, 0.2) is 0 Å². The minimum atomic E-state index is -1.06. The molecule has 2 amide bonds. The fraction of sp³-hybridized carbons (Fsp3) is 0.867. The summed E-state index contributed by atoms with van der Waals surface area (Å²) in [5, 5.41) is 15.0. The predicted octanol–water partition coefficient (Wildman–Crippen LogP) is 3.10. The molecule has 0 unspecified atom stereocenters. The average Bonchev–Trinajstić information content (AvgIpc) is 2.40. The third kappa shape index (κ3) is 4.80. The van der Waals surface area contributed by atoms with Gasteiger partial charge in [-0.15, -0.1) is 0 Å². The fourth-order valence-corrected chi connectivity index (χ4v) is 2.65. The van der Waals surface area contributed by atoms with Crippen LogP contribution in [0.25, 0.3) is 0 Å². The number of carboxylic acids is 1. The molecule has 0 aliphatic rings. The van der Waals surface area contributed by atoms with Gasteiger partial charge in [-0.1, -0.05) is 13.8 Å². The molecule has 0 radical (unpaired) electrons. The highest BCUT2D eigenvalue weighted by Crippen LogP contribution is 2.31. The molecule has 6 heteroatoms. The van der Waals surface area contributed by atoms with Gasteiger partial charge in [0.2, 0.25) is 0 Å². The van der Waals surface area contributed by atoms with Crippen molar-refractivity contribution in [1.29, 1.82) is 0 Å². The van der Waals surface area contributed by atoms with Crippen LogP contribution in [0.1, 0.15) is 54.4 Å². The first-order valence-corrected chi connectivity index (χ1v) is 8.55. The molecule has 0 aromatic rings. The van der Waals surface area contributed by atoms with Crippen LogP contribution in [-0.2, 0) is 4.79 Å². The van der Waals surface area contributed by atoms with E-state index in [4.69, 9.17) is 0 Å². The Balaban J connectivity index is 4.75. The molecule has 0 spiro atoms. The maximum atomic E-state index is 12.1. The van der Waals surface area contributed by atoms with Crippen LogP contribution in [0.3, 0.4) is 0 Å². The van der Waals surface area contributed by atoms with E-state index in [1.807, 2.05) is 6.26 Å². The van der Waals surface area contributed by atoms with Crippen molar-refractivity contribution < 1.29 is 14.7 Å². The number of carbonyl (C=O) groups excluding carboxylic acids is 1. The number of thioether (sulfide) groups is 1. The van der Waals surface area contributed by atoms with E-state index in [-0.39, 0.29) is 10.8 Å². The molecule has 5 nitrogen and oxygen atoms in total. The first kappa shape index (κ1) is 20.1. The van der Waals surface area contributed by atoms with E-state index in [9.17, 15) is 14.7 Å². The van der Waals surface area contributed by atoms with Gasteiger partial charge in [-0.3, -0.25) is 4.79 Å². The van der Waals surface area contributed by atoms with Gasteiger partial charge in [0.25, 0.3) is 0 Å². The highest BCUT2D eigenvalue weighted by atomic mass is 32.2. The summed E-state index contributed by atoms with van der Waals surface area (Å²) in [5.74, 6) is -0.937. The van der Waals surface area contributed by atoms with Gasteiger partial charge in [0.05, 0.1) is 11.0 Å². The molecule has 0 aromatic carbocycles. The van der Waals surface area contributed by atoms with E-state index in [2.05, 4.69) is 24.5 Å². The van der Waals surface area contributed by atoms with Crippen molar-refractivity contribution in [3.05, 3.63) is 0 Å². The summed E-state index contributed by atoms with van der Waals surface area (Å²) in [4.78, 5) is 23.4. The van der Waals surface area contributed by atoms with E-state index in [1.165, 1.54) is 0 Å². The normalized spacial score (nSPS) is 12.9. The molecule has 0 bridgehead atoms. The van der Waals surface area contributed by atoms with Gasteiger partial charge < -0.3 is 15.7 Å². The van der Waals surface area contributed by atoms with Crippen LogP contribution >= 0.6 is 11.8 Å². The van der Waals surface area contributed by atoms with Crippen molar-refractivity contribution in [2.75, 3.05) is 12.8 Å². The number of aliphatic carboxylic acids is 1. The van der Waals surface area contributed by atoms with Gasteiger partial charge in [-0.05, 0) is 46.8 Å². The molecule has 0 saturated carbocycles. The minimum absolute atomic E-state index is 0.0315. The zero-order valence-corrected chi connectivity index (χ0v) is 15.1. The number of hydrogen-bond acceptors (Lipinski definition) is 3. The van der Waals surface area contributed by atoms with Crippen LogP contribution in [0.5, 0.6) is 0 Å². The Morgan fingerprint density at radius 1 is 1.10 bits per heavy atom. The van der Waals surface area contributed by atoms with Crippen LogP contribution in [0, 0.1) is 5.41 Å². The molecule has 0 heterocycles. The summed E-state index contributed by atoms with van der Waals surface area (Å²) in [6, 6.07) is -0.324. The molecule has 21 heavy (non-hydrogen) atoms. The van der Waals surface area contributed by atoms with Crippen LogP contribution in [0.4, 0.5) is 4.79 Å². The van der Waals surface area contributed by atoms with Gasteiger partial charge in [0, 0.05) is 11.3 Å². The van der Waals surface area contributed by atoms with Gasteiger partial charge >= 0.3 is 12.0 Å². The summed E-state index contributed by atoms with van der Waals surface area (Å²) >= 11 is 1.75. The van der Waals surface area contributed by atoms with Crippen molar-refractivity contribution >= 4 is 23.8 Å². The summed E-state index contributed by atoms with van der Waals surface area (Å²) in [6.07, 6.45) is 3.98. The lowest BCUT2D eigenvalue weighted by atomic mass is 9.74. The number of carboxylic acid groups (broad SMARTS) is 1. The second kappa shape index (κ2) is 7.38. The zero-order chi connectivity index (χ0) is 16.9. The lowest BCUT2D eigenvalue weighted by Crippen LogP contribution is -2.59. The molecule has 0 atom stereocenters. The number of amides is 2. The first-order chi connectivity index (χ1) is 9.48. The standard InChI is InChI=1S/C15H30N2O3S/c1-8-15(9-2,21-7)10-16-12(20)17-14(5,6)13(3,4)11(18)19/h8-10H2,1-7H3,(H,18,19)(H2,16,17,20). The smallest absolute Gasteiger partial charge is 0.315 e. The van der Waals surface area contributed by atoms with Crippen LogP contribution in [-0.4, -0.2) is 40.2 Å². The summed E-state index contributed by atoms with van der Waals surface area (Å²) in [5.41, 5.74) is -1.92. The Morgan fingerprint density at radius 2 is 1.57 bits per heavy atom. The Morgan fingerprint density at radius 3 is 1.90 bits per heavy atom. The number of rotatable bonds is 8. The van der Waals surface area contributed by atoms with Crippen molar-refractivity contribution in [3.8, 4) is 0 Å². The molecule has 0 rings (SSSR count). The lowest BCUT2D eigenvalue weighted by Gasteiger charge is -2.39. The summed E-state index contributed by atoms with van der Waals surface area (Å²) in [6.45, 7) is 11.5. The van der Waals surface area contributed by atoms with E-state index >= 15 is 0 Å². The molecule has 124 valence electrons. The molecule has 0 aromatic heterocycles. The summed E-state index contributed by atoms with van der Waals surface area (Å²) < 4.78 is 0.0315. The second-order valence-corrected chi connectivity index (χ2v) is 7.73. The number of nitrogens with one attached hydrogen (secondary N) is 2. The molecular formula is C15H30N2O3S. The highest BCUT2D eigenvalue weighted by molar-refractivity contribution is 8.00. The zero-order valence-electron chi connectivity index (χ0n) is 14.3. The Kier molecular flexibility index (Phi) is 7.06. The van der Waals surface area contributed by atoms with Crippen molar-refractivity contribution in [2.45, 2.75) is 64.7 Å².